The average Bonchev–Trinajstić information content (AvgIpc) is 2.32. The van der Waals surface area contributed by atoms with Crippen LogP contribution >= 0.6 is 31.9 Å². The molecule has 4 heteroatoms. The highest BCUT2D eigenvalue weighted by Crippen LogP contribution is 2.30. The van der Waals surface area contributed by atoms with Gasteiger partial charge < -0.3 is 5.11 Å². The van der Waals surface area contributed by atoms with Crippen molar-refractivity contribution in [2.75, 3.05) is 0 Å². The molecule has 0 aliphatic carbocycles. The molecule has 2 nitrogen and oxygen atoms in total. The van der Waals surface area contributed by atoms with Gasteiger partial charge in [-0.25, -0.2) is 0 Å². The van der Waals surface area contributed by atoms with Crippen LogP contribution in [0.3, 0.4) is 0 Å². The second-order valence-corrected chi connectivity index (χ2v) is 5.12. The molecule has 0 amide bonds. The molecule has 0 spiro atoms. The smallest absolute Gasteiger partial charge is 0.107 e. The van der Waals surface area contributed by atoms with Crippen LogP contribution < -0.4 is 0 Å². The van der Waals surface area contributed by atoms with Gasteiger partial charge in [0.05, 0.1) is 0 Å². The lowest BCUT2D eigenvalue weighted by Gasteiger charge is -2.13. The summed E-state index contributed by atoms with van der Waals surface area (Å²) in [4.78, 5) is 4.00. The molecule has 1 atom stereocenters. The van der Waals surface area contributed by atoms with Gasteiger partial charge in [-0.05, 0) is 24.3 Å². The standard InChI is InChI=1S/C12H9Br2NO/c13-9-3-4-11(14)10(6-9)12(16)8-2-1-5-15-7-8/h1-7,12,16H. The maximum Gasteiger partial charge on any atom is 0.107 e. The Morgan fingerprint density at radius 3 is 2.69 bits per heavy atom. The predicted octanol–water partition coefficient (Wildman–Crippen LogP) is 3.69. The fraction of sp³-hybridized carbons (Fsp3) is 0.0833. The number of aromatic nitrogens is 1. The zero-order chi connectivity index (χ0) is 11.5. The van der Waals surface area contributed by atoms with E-state index in [1.165, 1.54) is 0 Å². The number of hydrogen-bond donors (Lipinski definition) is 1. The minimum Gasteiger partial charge on any atom is -0.384 e. The van der Waals surface area contributed by atoms with Crippen LogP contribution in [-0.2, 0) is 0 Å². The van der Waals surface area contributed by atoms with Crippen LogP contribution in [0.15, 0.2) is 51.7 Å². The molecular formula is C12H9Br2NO. The molecular weight excluding hydrogens is 334 g/mol. The van der Waals surface area contributed by atoms with Crippen molar-refractivity contribution in [1.82, 2.24) is 4.98 Å². The van der Waals surface area contributed by atoms with Crippen molar-refractivity contribution in [1.29, 1.82) is 0 Å². The molecule has 2 aromatic rings. The van der Waals surface area contributed by atoms with Gasteiger partial charge in [0.25, 0.3) is 0 Å². The molecule has 1 aromatic heterocycles. The Morgan fingerprint density at radius 1 is 1.19 bits per heavy atom. The summed E-state index contributed by atoms with van der Waals surface area (Å²) >= 11 is 6.82. The third kappa shape index (κ3) is 2.51. The summed E-state index contributed by atoms with van der Waals surface area (Å²) in [6.45, 7) is 0. The molecule has 0 saturated heterocycles. The molecule has 0 aliphatic heterocycles. The van der Waals surface area contributed by atoms with Crippen molar-refractivity contribution in [3.63, 3.8) is 0 Å². The Morgan fingerprint density at radius 2 is 2.00 bits per heavy atom. The molecule has 0 radical (unpaired) electrons. The summed E-state index contributed by atoms with van der Waals surface area (Å²) < 4.78 is 1.82. The van der Waals surface area contributed by atoms with Crippen molar-refractivity contribution in [3.8, 4) is 0 Å². The van der Waals surface area contributed by atoms with Crippen LogP contribution in [0.1, 0.15) is 17.2 Å². The topological polar surface area (TPSA) is 33.1 Å². The van der Waals surface area contributed by atoms with E-state index in [0.29, 0.717) is 0 Å². The van der Waals surface area contributed by atoms with E-state index in [1.54, 1.807) is 12.4 Å². The molecule has 2 rings (SSSR count). The minimum absolute atomic E-state index is 0.666. The van der Waals surface area contributed by atoms with E-state index in [4.69, 9.17) is 0 Å². The zero-order valence-corrected chi connectivity index (χ0v) is 11.4. The van der Waals surface area contributed by atoms with Gasteiger partial charge in [-0.2, -0.15) is 0 Å². The molecule has 1 unspecified atom stereocenters. The number of aliphatic hydroxyl groups is 1. The first-order chi connectivity index (χ1) is 7.68. The Balaban J connectivity index is 2.41. The monoisotopic (exact) mass is 341 g/mol. The Bertz CT molecular complexity index is 488. The Kier molecular flexibility index (Phi) is 3.74. The van der Waals surface area contributed by atoms with Crippen LogP contribution in [0.25, 0.3) is 0 Å². The summed E-state index contributed by atoms with van der Waals surface area (Å²) in [5.74, 6) is 0. The van der Waals surface area contributed by atoms with E-state index in [9.17, 15) is 5.11 Å². The second kappa shape index (κ2) is 5.08. The number of nitrogens with zero attached hydrogens (tertiary/aromatic N) is 1. The van der Waals surface area contributed by atoms with Crippen LogP contribution in [0.2, 0.25) is 0 Å². The first kappa shape index (κ1) is 11.8. The molecule has 1 N–H and O–H groups in total. The van der Waals surface area contributed by atoms with E-state index >= 15 is 0 Å². The lowest BCUT2D eigenvalue weighted by Crippen LogP contribution is -2.01. The first-order valence-corrected chi connectivity index (χ1v) is 6.30. The van der Waals surface area contributed by atoms with Crippen LogP contribution in [0.4, 0.5) is 0 Å². The van der Waals surface area contributed by atoms with E-state index < -0.39 is 6.10 Å². The van der Waals surface area contributed by atoms with Crippen LogP contribution in [0, 0.1) is 0 Å². The summed E-state index contributed by atoms with van der Waals surface area (Å²) in [7, 11) is 0. The molecule has 82 valence electrons. The number of aliphatic hydroxyl groups excluding tert-OH is 1. The third-order valence-corrected chi connectivity index (χ3v) is 3.47. The molecule has 0 bridgehead atoms. The highest BCUT2D eigenvalue weighted by Gasteiger charge is 2.13. The van der Waals surface area contributed by atoms with Gasteiger partial charge in [0.2, 0.25) is 0 Å². The third-order valence-electron chi connectivity index (χ3n) is 2.25. The summed E-state index contributed by atoms with van der Waals surface area (Å²) in [6.07, 6.45) is 2.69. The number of rotatable bonds is 2. The number of halogens is 2. The molecule has 0 saturated carbocycles. The number of hydrogen-bond acceptors (Lipinski definition) is 2. The zero-order valence-electron chi connectivity index (χ0n) is 8.27. The molecule has 0 aliphatic rings. The predicted molar refractivity (Wildman–Crippen MR) is 70.1 cm³/mol. The fourth-order valence-corrected chi connectivity index (χ4v) is 2.28. The van der Waals surface area contributed by atoms with E-state index in [0.717, 1.165) is 20.1 Å². The van der Waals surface area contributed by atoms with Gasteiger partial charge >= 0.3 is 0 Å². The molecule has 16 heavy (non-hydrogen) atoms. The quantitative estimate of drug-likeness (QED) is 0.902. The van der Waals surface area contributed by atoms with Crippen LogP contribution in [0.5, 0.6) is 0 Å². The van der Waals surface area contributed by atoms with Crippen molar-refractivity contribution < 1.29 is 5.11 Å². The van der Waals surface area contributed by atoms with Gasteiger partial charge in [0.1, 0.15) is 6.10 Å². The molecule has 0 fully saturated rings. The summed E-state index contributed by atoms with van der Waals surface area (Å²) in [6, 6.07) is 9.37. The van der Waals surface area contributed by atoms with Crippen molar-refractivity contribution in [3.05, 3.63) is 62.8 Å². The first-order valence-electron chi connectivity index (χ1n) is 4.71. The summed E-state index contributed by atoms with van der Waals surface area (Å²) in [5.41, 5.74) is 1.60. The second-order valence-electron chi connectivity index (χ2n) is 3.35. The van der Waals surface area contributed by atoms with Crippen molar-refractivity contribution in [2.45, 2.75) is 6.10 Å². The minimum atomic E-state index is -0.666. The average molecular weight is 343 g/mol. The van der Waals surface area contributed by atoms with Crippen LogP contribution in [-0.4, -0.2) is 10.1 Å². The SMILES string of the molecule is OC(c1cccnc1)c1cc(Br)ccc1Br. The van der Waals surface area contributed by atoms with Gasteiger partial charge in [-0.3, -0.25) is 4.98 Å². The van der Waals surface area contributed by atoms with Gasteiger partial charge in [0.15, 0.2) is 0 Å². The Hall–Kier alpha value is -0.710. The Labute approximate surface area is 111 Å². The molecule has 1 heterocycles. The normalized spacial score (nSPS) is 12.4. The summed E-state index contributed by atoms with van der Waals surface area (Å²) in [5, 5.41) is 10.2. The highest BCUT2D eigenvalue weighted by molar-refractivity contribution is 9.11. The number of benzene rings is 1. The van der Waals surface area contributed by atoms with Crippen molar-refractivity contribution >= 4 is 31.9 Å². The van der Waals surface area contributed by atoms with Crippen molar-refractivity contribution in [2.24, 2.45) is 0 Å². The molecule has 1 aromatic carbocycles. The maximum absolute atomic E-state index is 10.2. The van der Waals surface area contributed by atoms with E-state index in [1.807, 2.05) is 30.3 Å². The van der Waals surface area contributed by atoms with E-state index in [-0.39, 0.29) is 0 Å². The lowest BCUT2D eigenvalue weighted by molar-refractivity contribution is 0.219. The maximum atomic E-state index is 10.2. The van der Waals surface area contributed by atoms with Gasteiger partial charge in [0, 0.05) is 32.5 Å². The highest BCUT2D eigenvalue weighted by atomic mass is 79.9. The number of pyridine rings is 1. The largest absolute Gasteiger partial charge is 0.384 e. The van der Waals surface area contributed by atoms with Gasteiger partial charge in [-0.1, -0.05) is 37.9 Å². The fourth-order valence-electron chi connectivity index (χ4n) is 1.44. The van der Waals surface area contributed by atoms with Gasteiger partial charge in [-0.15, -0.1) is 0 Å². The lowest BCUT2D eigenvalue weighted by atomic mass is 10.0. The van der Waals surface area contributed by atoms with E-state index in [2.05, 4.69) is 36.8 Å².